The summed E-state index contributed by atoms with van der Waals surface area (Å²) in [5.41, 5.74) is 1.07. The van der Waals surface area contributed by atoms with Crippen LogP contribution in [0.3, 0.4) is 0 Å². The topological polar surface area (TPSA) is 97.6 Å². The molecule has 2 aromatic heterocycles. The Bertz CT molecular complexity index is 1380. The average molecular weight is 500 g/mol. The minimum atomic E-state index is -3.59. The Morgan fingerprint density at radius 2 is 1.88 bits per heavy atom. The van der Waals surface area contributed by atoms with Gasteiger partial charge in [0.1, 0.15) is 11.3 Å². The van der Waals surface area contributed by atoms with Gasteiger partial charge in [0.05, 0.1) is 22.7 Å². The minimum absolute atomic E-state index is 0.124. The number of ether oxygens (including phenoxy) is 1. The fraction of sp³-hybridized carbons (Fsp3) is 0.261. The number of hydrogen-bond donors (Lipinski definition) is 0. The summed E-state index contributed by atoms with van der Waals surface area (Å²) >= 11 is 1.40. The highest BCUT2D eigenvalue weighted by molar-refractivity contribution is 7.89. The van der Waals surface area contributed by atoms with Gasteiger partial charge in [0, 0.05) is 38.6 Å². The zero-order valence-electron chi connectivity index (χ0n) is 19.1. The number of anilines is 1. The summed E-state index contributed by atoms with van der Waals surface area (Å²) in [7, 11) is -0.652. The maximum absolute atomic E-state index is 13.6. The third-order valence-electron chi connectivity index (χ3n) is 5.14. The van der Waals surface area contributed by atoms with E-state index in [9.17, 15) is 13.2 Å². The summed E-state index contributed by atoms with van der Waals surface area (Å²) < 4.78 is 34.3. The van der Waals surface area contributed by atoms with Crippen LogP contribution < -0.4 is 9.64 Å². The smallest absolute Gasteiger partial charge is 0.260 e. The standard InChI is InChI=1S/C23H25N5O4S2/c1-4-32-19-7-5-8-20-21(19)25-23(33-20)28(16-15-27-14-6-13-24-27)22(29)17-9-11-18(12-10-17)34(30,31)26(2)3/h5-14H,4,15-16H2,1-3H3. The summed E-state index contributed by atoms with van der Waals surface area (Å²) in [6.45, 7) is 3.23. The Hall–Kier alpha value is -3.28. The molecule has 11 heteroatoms. The van der Waals surface area contributed by atoms with Crippen LogP contribution in [0.5, 0.6) is 5.75 Å². The van der Waals surface area contributed by atoms with E-state index < -0.39 is 10.0 Å². The molecule has 0 fully saturated rings. The second-order valence-electron chi connectivity index (χ2n) is 7.57. The van der Waals surface area contributed by atoms with Crippen LogP contribution in [0.2, 0.25) is 0 Å². The molecule has 0 aliphatic heterocycles. The normalized spacial score (nSPS) is 11.8. The summed E-state index contributed by atoms with van der Waals surface area (Å²) in [5, 5.41) is 4.75. The third-order valence-corrected chi connectivity index (χ3v) is 8.01. The van der Waals surface area contributed by atoms with E-state index in [2.05, 4.69) is 5.10 Å². The van der Waals surface area contributed by atoms with E-state index in [0.29, 0.717) is 41.7 Å². The SMILES string of the molecule is CCOc1cccc2sc(N(CCn3cccn3)C(=O)c3ccc(S(=O)(=O)N(C)C)cc3)nc12. The molecular formula is C23H25N5O4S2. The van der Waals surface area contributed by atoms with Gasteiger partial charge in [-0.3, -0.25) is 14.4 Å². The van der Waals surface area contributed by atoms with E-state index in [0.717, 1.165) is 9.01 Å². The lowest BCUT2D eigenvalue weighted by atomic mass is 10.2. The summed E-state index contributed by atoms with van der Waals surface area (Å²) in [6.07, 6.45) is 3.51. The highest BCUT2D eigenvalue weighted by Crippen LogP contribution is 2.35. The number of amides is 1. The molecule has 0 aliphatic rings. The van der Waals surface area contributed by atoms with Crippen molar-refractivity contribution < 1.29 is 17.9 Å². The Kier molecular flexibility index (Phi) is 6.96. The second-order valence-corrected chi connectivity index (χ2v) is 10.7. The van der Waals surface area contributed by atoms with Gasteiger partial charge in [0.15, 0.2) is 5.13 Å². The zero-order chi connectivity index (χ0) is 24.3. The lowest BCUT2D eigenvalue weighted by molar-refractivity contribution is 0.0985. The predicted molar refractivity (Wildman–Crippen MR) is 132 cm³/mol. The van der Waals surface area contributed by atoms with Crippen LogP contribution in [0.25, 0.3) is 10.2 Å². The molecule has 0 aliphatic carbocycles. The molecule has 0 unspecified atom stereocenters. The molecule has 0 saturated heterocycles. The lowest BCUT2D eigenvalue weighted by Crippen LogP contribution is -2.34. The average Bonchev–Trinajstić information content (AvgIpc) is 3.50. The maximum Gasteiger partial charge on any atom is 0.260 e. The monoisotopic (exact) mass is 499 g/mol. The molecule has 1 amide bonds. The molecule has 4 rings (SSSR count). The number of nitrogens with zero attached hydrogens (tertiary/aromatic N) is 5. The van der Waals surface area contributed by atoms with Crippen LogP contribution in [-0.4, -0.2) is 60.6 Å². The molecule has 0 atom stereocenters. The van der Waals surface area contributed by atoms with Gasteiger partial charge in [-0.15, -0.1) is 0 Å². The van der Waals surface area contributed by atoms with E-state index >= 15 is 0 Å². The first-order valence-electron chi connectivity index (χ1n) is 10.7. The molecule has 0 saturated carbocycles. The van der Waals surface area contributed by atoms with Crippen molar-refractivity contribution >= 4 is 42.6 Å². The van der Waals surface area contributed by atoms with Gasteiger partial charge in [0.25, 0.3) is 5.91 Å². The summed E-state index contributed by atoms with van der Waals surface area (Å²) in [5.74, 6) is 0.387. The Labute approximate surface area is 202 Å². The van der Waals surface area contributed by atoms with Gasteiger partial charge >= 0.3 is 0 Å². The summed E-state index contributed by atoms with van der Waals surface area (Å²) in [6, 6.07) is 13.5. The fourth-order valence-electron chi connectivity index (χ4n) is 3.35. The number of carbonyl (C=O) groups is 1. The highest BCUT2D eigenvalue weighted by atomic mass is 32.2. The van der Waals surface area contributed by atoms with Crippen LogP contribution in [0, 0.1) is 0 Å². The van der Waals surface area contributed by atoms with Crippen LogP contribution in [-0.2, 0) is 16.6 Å². The number of rotatable bonds is 9. The van der Waals surface area contributed by atoms with E-state index in [1.165, 1.54) is 49.7 Å². The van der Waals surface area contributed by atoms with E-state index in [4.69, 9.17) is 9.72 Å². The minimum Gasteiger partial charge on any atom is -0.492 e. The van der Waals surface area contributed by atoms with Crippen LogP contribution in [0.1, 0.15) is 17.3 Å². The molecular weight excluding hydrogens is 474 g/mol. The second kappa shape index (κ2) is 9.92. The van der Waals surface area contributed by atoms with Crippen molar-refractivity contribution in [1.29, 1.82) is 0 Å². The number of para-hydroxylation sites is 1. The number of sulfonamides is 1. The van der Waals surface area contributed by atoms with Gasteiger partial charge in [0.2, 0.25) is 10.0 Å². The first-order chi connectivity index (χ1) is 16.3. The maximum atomic E-state index is 13.6. The van der Waals surface area contributed by atoms with Crippen molar-refractivity contribution in [1.82, 2.24) is 19.1 Å². The number of hydrogen-bond acceptors (Lipinski definition) is 7. The molecule has 0 bridgehead atoms. The van der Waals surface area contributed by atoms with Crippen molar-refractivity contribution in [3.8, 4) is 5.75 Å². The van der Waals surface area contributed by atoms with Crippen molar-refractivity contribution in [3.05, 3.63) is 66.5 Å². The van der Waals surface area contributed by atoms with Crippen molar-refractivity contribution in [2.75, 3.05) is 32.1 Å². The molecule has 0 N–H and O–H groups in total. The van der Waals surface area contributed by atoms with E-state index in [-0.39, 0.29) is 10.8 Å². The molecule has 2 aromatic carbocycles. The van der Waals surface area contributed by atoms with E-state index in [1.54, 1.807) is 15.8 Å². The molecule has 178 valence electrons. The zero-order valence-corrected chi connectivity index (χ0v) is 20.7. The third kappa shape index (κ3) is 4.81. The predicted octanol–water partition coefficient (Wildman–Crippen LogP) is 3.49. The lowest BCUT2D eigenvalue weighted by Gasteiger charge is -2.20. The van der Waals surface area contributed by atoms with Crippen LogP contribution >= 0.6 is 11.3 Å². The first kappa shape index (κ1) is 23.9. The number of thiazole rings is 1. The van der Waals surface area contributed by atoms with Gasteiger partial charge in [-0.05, 0) is 49.4 Å². The van der Waals surface area contributed by atoms with Crippen molar-refractivity contribution in [2.24, 2.45) is 0 Å². The number of benzene rings is 2. The van der Waals surface area contributed by atoms with E-state index in [1.807, 2.05) is 37.4 Å². The molecule has 9 nitrogen and oxygen atoms in total. The largest absolute Gasteiger partial charge is 0.492 e. The number of fused-ring (bicyclic) bond motifs is 1. The van der Waals surface area contributed by atoms with Crippen molar-refractivity contribution in [2.45, 2.75) is 18.4 Å². The molecule has 0 radical (unpaired) electrons. The van der Waals surface area contributed by atoms with Gasteiger partial charge in [-0.1, -0.05) is 17.4 Å². The molecule has 34 heavy (non-hydrogen) atoms. The van der Waals surface area contributed by atoms with Gasteiger partial charge < -0.3 is 4.74 Å². The van der Waals surface area contributed by atoms with Gasteiger partial charge in [-0.25, -0.2) is 17.7 Å². The summed E-state index contributed by atoms with van der Waals surface area (Å²) in [4.78, 5) is 20.0. The first-order valence-corrected chi connectivity index (χ1v) is 12.9. The highest BCUT2D eigenvalue weighted by Gasteiger charge is 2.24. The van der Waals surface area contributed by atoms with Crippen molar-refractivity contribution in [3.63, 3.8) is 0 Å². The quantitative estimate of drug-likeness (QED) is 0.350. The number of carbonyl (C=O) groups excluding carboxylic acids is 1. The van der Waals surface area contributed by atoms with Crippen LogP contribution in [0.4, 0.5) is 5.13 Å². The fourth-order valence-corrected chi connectivity index (χ4v) is 5.26. The molecule has 0 spiro atoms. The molecule has 2 heterocycles. The van der Waals surface area contributed by atoms with Gasteiger partial charge in [-0.2, -0.15) is 5.10 Å². The Morgan fingerprint density at radius 3 is 2.53 bits per heavy atom. The Balaban J connectivity index is 1.69. The molecule has 4 aromatic rings. The Morgan fingerprint density at radius 1 is 1.12 bits per heavy atom. The van der Waals surface area contributed by atoms with Crippen LogP contribution in [0.15, 0.2) is 65.8 Å². The number of aromatic nitrogens is 3.